The van der Waals surface area contributed by atoms with E-state index in [0.29, 0.717) is 22.2 Å². The van der Waals surface area contributed by atoms with Crippen LogP contribution in [0.15, 0.2) is 65.7 Å². The molecule has 0 N–H and O–H groups in total. The van der Waals surface area contributed by atoms with Crippen LogP contribution in [0.2, 0.25) is 5.02 Å². The van der Waals surface area contributed by atoms with Crippen LogP contribution in [-0.2, 0) is 6.54 Å². The van der Waals surface area contributed by atoms with E-state index in [1.165, 1.54) is 37.3 Å². The van der Waals surface area contributed by atoms with Crippen LogP contribution >= 0.6 is 22.9 Å². The van der Waals surface area contributed by atoms with Gasteiger partial charge in [-0.05, 0) is 73.3 Å². The van der Waals surface area contributed by atoms with Crippen molar-refractivity contribution in [2.24, 2.45) is 5.92 Å². The molecule has 5 heterocycles. The van der Waals surface area contributed by atoms with E-state index in [1.54, 1.807) is 10.9 Å². The Morgan fingerprint density at radius 2 is 1.91 bits per heavy atom. The van der Waals surface area contributed by atoms with Gasteiger partial charge in [0.2, 0.25) is 0 Å². The average Bonchev–Trinajstić information content (AvgIpc) is 3.28. The van der Waals surface area contributed by atoms with Crippen LogP contribution < -0.4 is 10.3 Å². The number of ether oxygens (including phenoxy) is 1. The Bertz CT molecular complexity index is 1360. The Balaban J connectivity index is 1.24. The van der Waals surface area contributed by atoms with Crippen molar-refractivity contribution in [2.45, 2.75) is 25.5 Å². The topological polar surface area (TPSA) is 47.4 Å². The van der Waals surface area contributed by atoms with Gasteiger partial charge in [-0.2, -0.15) is 0 Å². The maximum atomic E-state index is 13.2. The van der Waals surface area contributed by atoms with Gasteiger partial charge in [-0.1, -0.05) is 35.9 Å². The maximum Gasteiger partial charge on any atom is 0.271 e. The molecule has 2 aromatic carbocycles. The lowest BCUT2D eigenvalue weighted by atomic mass is 9.86. The Kier molecular flexibility index (Phi) is 5.45. The average molecular weight is 478 g/mol. The number of piperidine rings is 3. The summed E-state index contributed by atoms with van der Waals surface area (Å²) in [6.07, 6.45) is 4.36. The number of aromatic nitrogens is 2. The quantitative estimate of drug-likeness (QED) is 0.391. The normalized spacial score (nSPS) is 22.0. The Hall–Kier alpha value is -2.67. The van der Waals surface area contributed by atoms with Gasteiger partial charge < -0.3 is 4.74 Å². The van der Waals surface area contributed by atoms with E-state index in [1.807, 2.05) is 48.5 Å². The van der Waals surface area contributed by atoms with E-state index in [-0.39, 0.29) is 11.7 Å². The minimum absolute atomic E-state index is 0.0195. The number of hydrogen-bond acceptors (Lipinski definition) is 5. The second-order valence-corrected chi connectivity index (χ2v) is 10.4. The molecule has 0 saturated carbocycles. The molecule has 0 radical (unpaired) electrons. The van der Waals surface area contributed by atoms with Crippen molar-refractivity contribution in [1.82, 2.24) is 14.5 Å². The Morgan fingerprint density at radius 3 is 2.67 bits per heavy atom. The van der Waals surface area contributed by atoms with E-state index < -0.39 is 0 Å². The van der Waals surface area contributed by atoms with E-state index in [9.17, 15) is 4.79 Å². The number of fused-ring (bicyclic) bond motifs is 4. The highest BCUT2D eigenvalue weighted by atomic mass is 35.5. The van der Waals surface area contributed by atoms with Crippen LogP contribution in [0.5, 0.6) is 5.75 Å². The third-order valence-corrected chi connectivity index (χ3v) is 8.18. The fourth-order valence-corrected chi connectivity index (χ4v) is 6.14. The number of benzene rings is 2. The molecule has 3 aliphatic heterocycles. The van der Waals surface area contributed by atoms with Gasteiger partial charge >= 0.3 is 0 Å². The number of nitrogens with zero attached hydrogens (tertiary/aromatic N) is 3. The Labute approximate surface area is 201 Å². The van der Waals surface area contributed by atoms with Gasteiger partial charge in [0.25, 0.3) is 5.56 Å². The van der Waals surface area contributed by atoms with Crippen LogP contribution in [0.4, 0.5) is 0 Å². The highest BCUT2D eigenvalue weighted by molar-refractivity contribution is 7.22. The minimum Gasteiger partial charge on any atom is -0.489 e. The molecule has 1 unspecified atom stereocenters. The van der Waals surface area contributed by atoms with Crippen molar-refractivity contribution in [2.75, 3.05) is 19.6 Å². The molecule has 7 rings (SSSR count). The summed E-state index contributed by atoms with van der Waals surface area (Å²) in [6.45, 7) is 3.88. The molecule has 1 atom stereocenters. The van der Waals surface area contributed by atoms with Crippen molar-refractivity contribution in [3.63, 3.8) is 0 Å². The molecular weight excluding hydrogens is 454 g/mol. The van der Waals surface area contributed by atoms with Gasteiger partial charge in [-0.3, -0.25) is 14.3 Å². The van der Waals surface area contributed by atoms with Gasteiger partial charge in [0.1, 0.15) is 16.6 Å². The summed E-state index contributed by atoms with van der Waals surface area (Å²) in [4.78, 5) is 21.3. The Morgan fingerprint density at radius 1 is 1.09 bits per heavy atom. The molecule has 3 saturated heterocycles. The molecule has 5 nitrogen and oxygen atoms in total. The summed E-state index contributed by atoms with van der Waals surface area (Å²) in [5.41, 5.74) is 2.78. The minimum atomic E-state index is -0.0195. The molecule has 0 aliphatic carbocycles. The van der Waals surface area contributed by atoms with Crippen LogP contribution in [-0.4, -0.2) is 40.2 Å². The molecule has 0 spiro atoms. The zero-order chi connectivity index (χ0) is 22.4. The van der Waals surface area contributed by atoms with Gasteiger partial charge in [0.15, 0.2) is 0 Å². The van der Waals surface area contributed by atoms with Gasteiger partial charge in [0, 0.05) is 16.4 Å². The smallest absolute Gasteiger partial charge is 0.271 e. The van der Waals surface area contributed by atoms with Gasteiger partial charge in [0.05, 0.1) is 18.4 Å². The molecule has 0 amide bonds. The first kappa shape index (κ1) is 20.9. The standard InChI is InChI=1S/C26H24ClN3O2S/c27-20-6-4-19(5-7-20)24-13-22-25(33-24)26(31)30(16-28-22)14-17-2-1-3-21(12-17)32-23-15-29-10-8-18(23)9-11-29/h1-7,12-13,16,18,23H,8-11,14-15H2. The van der Waals surface area contributed by atoms with E-state index in [4.69, 9.17) is 16.3 Å². The largest absolute Gasteiger partial charge is 0.489 e. The second kappa shape index (κ2) is 8.60. The first-order valence-corrected chi connectivity index (χ1v) is 12.5. The number of hydrogen-bond donors (Lipinski definition) is 0. The van der Waals surface area contributed by atoms with Crippen LogP contribution in [0.25, 0.3) is 20.7 Å². The summed E-state index contributed by atoms with van der Waals surface area (Å²) in [6, 6.07) is 17.7. The molecule has 4 aromatic rings. The SMILES string of the molecule is O=c1c2sc(-c3ccc(Cl)cc3)cc2ncn1Cc1cccc(OC2CN3CCC2CC3)c1. The molecule has 2 bridgehead atoms. The monoisotopic (exact) mass is 477 g/mol. The summed E-state index contributed by atoms with van der Waals surface area (Å²) < 4.78 is 8.72. The zero-order valence-electron chi connectivity index (χ0n) is 18.1. The lowest BCUT2D eigenvalue weighted by molar-refractivity contribution is -0.00779. The summed E-state index contributed by atoms with van der Waals surface area (Å²) >= 11 is 7.48. The molecule has 3 fully saturated rings. The van der Waals surface area contributed by atoms with Crippen LogP contribution in [0.1, 0.15) is 18.4 Å². The van der Waals surface area contributed by atoms with E-state index >= 15 is 0 Å². The molecule has 3 aliphatic rings. The first-order chi connectivity index (χ1) is 16.1. The van der Waals surface area contributed by atoms with E-state index in [0.717, 1.165) is 33.8 Å². The van der Waals surface area contributed by atoms with Gasteiger partial charge in [-0.25, -0.2) is 4.98 Å². The van der Waals surface area contributed by atoms with Crippen LogP contribution in [0, 0.1) is 5.92 Å². The number of halogens is 1. The summed E-state index contributed by atoms with van der Waals surface area (Å²) in [5.74, 6) is 1.54. The van der Waals surface area contributed by atoms with Crippen LogP contribution in [0.3, 0.4) is 0 Å². The van der Waals surface area contributed by atoms with Crippen molar-refractivity contribution in [1.29, 1.82) is 0 Å². The molecule has 7 heteroatoms. The second-order valence-electron chi connectivity index (χ2n) is 8.95. The summed E-state index contributed by atoms with van der Waals surface area (Å²) in [7, 11) is 0. The third-order valence-electron chi connectivity index (χ3n) is 6.77. The highest BCUT2D eigenvalue weighted by Gasteiger charge is 2.35. The predicted molar refractivity (Wildman–Crippen MR) is 133 cm³/mol. The fourth-order valence-electron chi connectivity index (χ4n) is 4.95. The van der Waals surface area contributed by atoms with Gasteiger partial charge in [-0.15, -0.1) is 11.3 Å². The number of rotatable bonds is 5. The van der Waals surface area contributed by atoms with Crippen molar-refractivity contribution >= 4 is 33.2 Å². The molecule has 168 valence electrons. The predicted octanol–water partition coefficient (Wildman–Crippen LogP) is 5.30. The maximum absolute atomic E-state index is 13.2. The zero-order valence-corrected chi connectivity index (χ0v) is 19.7. The lowest BCUT2D eigenvalue weighted by Crippen LogP contribution is -2.52. The third kappa shape index (κ3) is 4.19. The van der Waals surface area contributed by atoms with Crippen molar-refractivity contribution < 1.29 is 4.74 Å². The van der Waals surface area contributed by atoms with E-state index in [2.05, 4.69) is 16.0 Å². The first-order valence-electron chi connectivity index (χ1n) is 11.4. The molecule has 2 aromatic heterocycles. The number of thiophene rings is 1. The van der Waals surface area contributed by atoms with Crippen molar-refractivity contribution in [3.8, 4) is 16.2 Å². The fraction of sp³-hybridized carbons (Fsp3) is 0.308. The lowest BCUT2D eigenvalue weighted by Gasteiger charge is -2.44. The highest BCUT2D eigenvalue weighted by Crippen LogP contribution is 2.32. The van der Waals surface area contributed by atoms with Crippen molar-refractivity contribution in [3.05, 3.63) is 81.9 Å². The molecular formula is C26H24ClN3O2S. The summed E-state index contributed by atoms with van der Waals surface area (Å²) in [5, 5.41) is 0.694. The molecule has 33 heavy (non-hydrogen) atoms.